The minimum absolute atomic E-state index is 0.00169. The van der Waals surface area contributed by atoms with E-state index in [1.165, 1.54) is 57.8 Å². The van der Waals surface area contributed by atoms with Gasteiger partial charge in [0.05, 0.1) is 5.56 Å². The molecule has 1 aromatic rings. The fourth-order valence-corrected chi connectivity index (χ4v) is 7.04. The van der Waals surface area contributed by atoms with E-state index in [-0.39, 0.29) is 5.91 Å². The molecule has 6 atom stereocenters. The molecule has 4 fully saturated rings. The van der Waals surface area contributed by atoms with Crippen molar-refractivity contribution in [2.24, 2.45) is 11.8 Å². The Bertz CT molecular complexity index is 694. The van der Waals surface area contributed by atoms with Crippen LogP contribution in [0, 0.1) is 11.8 Å². The summed E-state index contributed by atoms with van der Waals surface area (Å²) in [5.74, 6) is 1.97. The third-order valence-corrected chi connectivity index (χ3v) is 8.10. The van der Waals surface area contributed by atoms with Gasteiger partial charge in [0, 0.05) is 29.9 Å². The summed E-state index contributed by atoms with van der Waals surface area (Å²) in [5.41, 5.74) is 7.21. The average Bonchev–Trinajstić information content (AvgIpc) is 2.67. The fourth-order valence-electron chi connectivity index (χ4n) is 7.04. The van der Waals surface area contributed by atoms with Crippen LogP contribution in [0.25, 0.3) is 0 Å². The van der Waals surface area contributed by atoms with E-state index in [0.29, 0.717) is 29.4 Å². The Morgan fingerprint density at radius 1 is 0.857 bits per heavy atom. The van der Waals surface area contributed by atoms with Crippen molar-refractivity contribution in [2.75, 3.05) is 5.73 Å². The predicted octanol–water partition coefficient (Wildman–Crippen LogP) is 4.35. The van der Waals surface area contributed by atoms with Gasteiger partial charge in [-0.1, -0.05) is 37.8 Å². The first-order valence-corrected chi connectivity index (χ1v) is 11.6. The number of carbonyl (C=O) groups is 1. The predicted molar refractivity (Wildman–Crippen MR) is 113 cm³/mol. The quantitative estimate of drug-likeness (QED) is 0.765. The lowest BCUT2D eigenvalue weighted by Gasteiger charge is -2.55. The highest BCUT2D eigenvalue weighted by molar-refractivity contribution is 5.99. The number of hydrogen-bond donors (Lipinski definition) is 2. The summed E-state index contributed by atoms with van der Waals surface area (Å²) in [5, 5.41) is 3.32. The topological polar surface area (TPSA) is 58.4 Å². The summed E-state index contributed by atoms with van der Waals surface area (Å²) in [4.78, 5) is 15.7. The van der Waals surface area contributed by atoms with Crippen LogP contribution in [-0.4, -0.2) is 35.0 Å². The monoisotopic (exact) mass is 381 g/mol. The maximum absolute atomic E-state index is 12.8. The highest BCUT2D eigenvalue weighted by Crippen LogP contribution is 2.45. The molecule has 4 heteroatoms. The highest BCUT2D eigenvalue weighted by atomic mass is 16.1. The van der Waals surface area contributed by atoms with Crippen molar-refractivity contribution in [1.82, 2.24) is 10.2 Å². The second-order valence-electron chi connectivity index (χ2n) is 9.94. The van der Waals surface area contributed by atoms with Crippen LogP contribution in [0.3, 0.4) is 0 Å². The van der Waals surface area contributed by atoms with Crippen molar-refractivity contribution in [3.8, 4) is 0 Å². The molecule has 2 saturated heterocycles. The van der Waals surface area contributed by atoms with Gasteiger partial charge in [0.25, 0.3) is 5.91 Å². The molecule has 0 radical (unpaired) electrons. The first-order valence-electron chi connectivity index (χ1n) is 11.6. The molecule has 3 N–H and O–H groups in total. The molecule has 2 aliphatic heterocycles. The van der Waals surface area contributed by atoms with Gasteiger partial charge in [-0.25, -0.2) is 0 Å². The first-order chi connectivity index (χ1) is 13.7. The molecular formula is C24H35N3O. The van der Waals surface area contributed by atoms with Crippen molar-refractivity contribution in [3.05, 3.63) is 29.8 Å². The zero-order chi connectivity index (χ0) is 19.1. The van der Waals surface area contributed by atoms with E-state index in [4.69, 9.17) is 5.73 Å². The van der Waals surface area contributed by atoms with Gasteiger partial charge >= 0.3 is 0 Å². The van der Waals surface area contributed by atoms with Gasteiger partial charge < -0.3 is 11.1 Å². The van der Waals surface area contributed by atoms with Crippen molar-refractivity contribution in [2.45, 2.75) is 94.8 Å². The van der Waals surface area contributed by atoms with Crippen LogP contribution >= 0.6 is 0 Å². The number of piperidine rings is 2. The van der Waals surface area contributed by atoms with Crippen LogP contribution in [-0.2, 0) is 0 Å². The van der Waals surface area contributed by atoms with E-state index in [2.05, 4.69) is 10.2 Å². The molecule has 1 aromatic carbocycles. The Labute approximate surface area is 169 Å². The van der Waals surface area contributed by atoms with Crippen LogP contribution in [0.5, 0.6) is 0 Å². The van der Waals surface area contributed by atoms with Crippen molar-refractivity contribution >= 4 is 11.6 Å². The van der Waals surface area contributed by atoms with E-state index in [1.807, 2.05) is 24.3 Å². The average molecular weight is 382 g/mol. The van der Waals surface area contributed by atoms with Crippen LogP contribution in [0.2, 0.25) is 0 Å². The van der Waals surface area contributed by atoms with Gasteiger partial charge in [-0.2, -0.15) is 0 Å². The number of rotatable bonds is 3. The lowest BCUT2D eigenvalue weighted by molar-refractivity contribution is -0.0431. The third-order valence-electron chi connectivity index (χ3n) is 8.10. The summed E-state index contributed by atoms with van der Waals surface area (Å²) in [6, 6.07) is 9.84. The minimum Gasteiger partial charge on any atom is -0.398 e. The maximum atomic E-state index is 12.8. The summed E-state index contributed by atoms with van der Waals surface area (Å²) in [6.45, 7) is 0. The SMILES string of the molecule is Nc1ccccc1C(=O)N[C@H]1C[C@H]2CCC[C@@H](C1)N2[C@H]1C[C@@H]2CCC[C@@H](C2)C1. The van der Waals surface area contributed by atoms with E-state index < -0.39 is 0 Å². The van der Waals surface area contributed by atoms with Gasteiger partial charge in [0.1, 0.15) is 0 Å². The molecule has 0 unspecified atom stereocenters. The number of para-hydroxylation sites is 1. The number of anilines is 1. The van der Waals surface area contributed by atoms with Crippen molar-refractivity contribution < 1.29 is 4.79 Å². The van der Waals surface area contributed by atoms with Gasteiger partial charge in [-0.15, -0.1) is 0 Å². The normalized spacial score (nSPS) is 38.0. The molecule has 152 valence electrons. The molecule has 4 bridgehead atoms. The molecule has 4 nitrogen and oxygen atoms in total. The second-order valence-corrected chi connectivity index (χ2v) is 9.94. The van der Waals surface area contributed by atoms with Gasteiger partial charge in [0.15, 0.2) is 0 Å². The largest absolute Gasteiger partial charge is 0.398 e. The van der Waals surface area contributed by atoms with Crippen LogP contribution < -0.4 is 11.1 Å². The minimum atomic E-state index is 0.00169. The number of nitrogen functional groups attached to an aromatic ring is 1. The first kappa shape index (κ1) is 18.5. The summed E-state index contributed by atoms with van der Waals surface area (Å²) >= 11 is 0. The Kier molecular flexibility index (Phi) is 5.08. The van der Waals surface area contributed by atoms with Crippen LogP contribution in [0.4, 0.5) is 5.69 Å². The van der Waals surface area contributed by atoms with Gasteiger partial charge in [-0.05, 0) is 68.9 Å². The van der Waals surface area contributed by atoms with E-state index in [1.54, 1.807) is 0 Å². The van der Waals surface area contributed by atoms with Gasteiger partial charge in [-0.3, -0.25) is 9.69 Å². The summed E-state index contributed by atoms with van der Waals surface area (Å²) in [6.07, 6.45) is 15.0. The number of fused-ring (bicyclic) bond motifs is 4. The Morgan fingerprint density at radius 3 is 2.18 bits per heavy atom. The third kappa shape index (κ3) is 3.56. The molecule has 2 heterocycles. The van der Waals surface area contributed by atoms with Gasteiger partial charge in [0.2, 0.25) is 0 Å². The zero-order valence-electron chi connectivity index (χ0n) is 17.0. The standard InChI is InChI=1S/C24H35N3O/c25-23-10-2-1-9-22(23)24(28)26-18-14-19-7-4-8-20(15-18)27(19)21-12-16-5-3-6-17(11-16)13-21/h1-2,9-10,16-21H,3-8,11-15,25H2,(H,26,28)/t16-,17+,18-,19+,20-,21+. The zero-order valence-corrected chi connectivity index (χ0v) is 17.0. The molecule has 28 heavy (non-hydrogen) atoms. The molecule has 0 spiro atoms. The Balaban J connectivity index is 1.26. The van der Waals surface area contributed by atoms with Crippen molar-refractivity contribution in [1.29, 1.82) is 0 Å². The number of nitrogens with two attached hydrogens (primary N) is 1. The number of hydrogen-bond acceptors (Lipinski definition) is 3. The molecule has 0 aromatic heterocycles. The fraction of sp³-hybridized carbons (Fsp3) is 0.708. The summed E-state index contributed by atoms with van der Waals surface area (Å²) in [7, 11) is 0. The second kappa shape index (κ2) is 7.70. The molecule has 2 aliphatic carbocycles. The Morgan fingerprint density at radius 2 is 1.50 bits per heavy atom. The number of amides is 1. The maximum Gasteiger partial charge on any atom is 0.253 e. The van der Waals surface area contributed by atoms with Crippen molar-refractivity contribution in [3.63, 3.8) is 0 Å². The number of nitrogens with zero attached hydrogens (tertiary/aromatic N) is 1. The lowest BCUT2D eigenvalue weighted by atomic mass is 9.68. The molecular weight excluding hydrogens is 346 g/mol. The number of carbonyl (C=O) groups excluding carboxylic acids is 1. The molecule has 4 aliphatic rings. The molecule has 2 saturated carbocycles. The smallest absolute Gasteiger partial charge is 0.253 e. The summed E-state index contributed by atoms with van der Waals surface area (Å²) < 4.78 is 0. The Hall–Kier alpha value is -1.55. The van der Waals surface area contributed by atoms with E-state index >= 15 is 0 Å². The lowest BCUT2D eigenvalue weighted by Crippen LogP contribution is -2.61. The van der Waals surface area contributed by atoms with E-state index in [0.717, 1.165) is 30.7 Å². The van der Waals surface area contributed by atoms with Crippen LogP contribution in [0.1, 0.15) is 81.0 Å². The van der Waals surface area contributed by atoms with E-state index in [9.17, 15) is 4.79 Å². The molecule has 1 amide bonds. The number of benzene rings is 1. The highest BCUT2D eigenvalue weighted by Gasteiger charge is 2.44. The van der Waals surface area contributed by atoms with Crippen LogP contribution in [0.15, 0.2) is 24.3 Å². The molecule has 5 rings (SSSR count). The number of nitrogens with one attached hydrogen (secondary N) is 1.